The molecule has 0 atom stereocenters. The van der Waals surface area contributed by atoms with Gasteiger partial charge in [0, 0.05) is 20.7 Å². The van der Waals surface area contributed by atoms with Gasteiger partial charge in [0.1, 0.15) is 0 Å². The summed E-state index contributed by atoms with van der Waals surface area (Å²) >= 11 is 13.9. The maximum Gasteiger partial charge on any atom is 0.310 e. The number of hydrogen-bond donors (Lipinski definition) is 0. The lowest BCUT2D eigenvalue weighted by Crippen LogP contribution is -2.05. The van der Waals surface area contributed by atoms with Crippen LogP contribution in [0.2, 0.25) is 10.0 Å². The van der Waals surface area contributed by atoms with E-state index in [2.05, 4.69) is 0 Å². The molecule has 21 heavy (non-hydrogen) atoms. The van der Waals surface area contributed by atoms with Crippen LogP contribution in [0.15, 0.2) is 47.4 Å². The first-order chi connectivity index (χ1) is 10.1. The molecular formula is C16H14Cl2O2S. The molecular weight excluding hydrogens is 327 g/mol. The summed E-state index contributed by atoms with van der Waals surface area (Å²) < 4.78 is 4.72. The molecule has 0 fully saturated rings. The zero-order valence-electron chi connectivity index (χ0n) is 11.4. The van der Waals surface area contributed by atoms with E-state index < -0.39 is 0 Å². The van der Waals surface area contributed by atoms with Crippen molar-refractivity contribution in [2.75, 3.05) is 7.11 Å². The first kappa shape index (κ1) is 16.2. The molecule has 2 nitrogen and oxygen atoms in total. The van der Waals surface area contributed by atoms with Crippen molar-refractivity contribution < 1.29 is 9.53 Å². The molecule has 0 aliphatic carbocycles. The summed E-state index contributed by atoms with van der Waals surface area (Å²) in [7, 11) is 1.39. The summed E-state index contributed by atoms with van der Waals surface area (Å²) in [5.74, 6) is 0.398. The van der Waals surface area contributed by atoms with Crippen molar-refractivity contribution >= 4 is 40.9 Å². The number of halogens is 2. The van der Waals surface area contributed by atoms with Crippen LogP contribution in [0.3, 0.4) is 0 Å². The smallest absolute Gasteiger partial charge is 0.310 e. The van der Waals surface area contributed by atoms with Crippen LogP contribution >= 0.6 is 35.0 Å². The Hall–Kier alpha value is -1.16. The molecule has 0 aliphatic rings. The Morgan fingerprint density at radius 3 is 2.43 bits per heavy atom. The maximum atomic E-state index is 11.4. The molecule has 2 aromatic carbocycles. The minimum absolute atomic E-state index is 0.251. The lowest BCUT2D eigenvalue weighted by Gasteiger charge is -2.10. The first-order valence-electron chi connectivity index (χ1n) is 6.32. The van der Waals surface area contributed by atoms with Crippen molar-refractivity contribution in [1.82, 2.24) is 0 Å². The highest BCUT2D eigenvalue weighted by Crippen LogP contribution is 2.33. The molecule has 0 radical (unpaired) electrons. The Kier molecular flexibility index (Phi) is 5.97. The van der Waals surface area contributed by atoms with E-state index >= 15 is 0 Å². The van der Waals surface area contributed by atoms with Crippen molar-refractivity contribution in [3.63, 3.8) is 0 Å². The van der Waals surface area contributed by atoms with Gasteiger partial charge in [-0.05, 0) is 29.3 Å². The Morgan fingerprint density at radius 2 is 1.76 bits per heavy atom. The Labute approximate surface area is 138 Å². The van der Waals surface area contributed by atoms with Crippen molar-refractivity contribution in [2.24, 2.45) is 0 Å². The van der Waals surface area contributed by atoms with Gasteiger partial charge in [-0.25, -0.2) is 0 Å². The molecule has 0 N–H and O–H groups in total. The van der Waals surface area contributed by atoms with Gasteiger partial charge in [0.2, 0.25) is 0 Å². The van der Waals surface area contributed by atoms with Crippen LogP contribution in [0.25, 0.3) is 0 Å². The quantitative estimate of drug-likeness (QED) is 0.565. The van der Waals surface area contributed by atoms with Gasteiger partial charge in [-0.2, -0.15) is 0 Å². The fourth-order valence-corrected chi connectivity index (χ4v) is 3.64. The number of methoxy groups -OCH3 is 1. The summed E-state index contributed by atoms with van der Waals surface area (Å²) in [6, 6.07) is 13.2. The molecule has 2 aromatic rings. The summed E-state index contributed by atoms with van der Waals surface area (Å²) in [5, 5.41) is 1.31. The average Bonchev–Trinajstić information content (AvgIpc) is 2.48. The van der Waals surface area contributed by atoms with Gasteiger partial charge in [-0.3, -0.25) is 4.79 Å². The van der Waals surface area contributed by atoms with E-state index in [1.54, 1.807) is 11.8 Å². The molecule has 2 rings (SSSR count). The molecule has 110 valence electrons. The Balaban J connectivity index is 2.15. The molecule has 0 aromatic heterocycles. The van der Waals surface area contributed by atoms with Gasteiger partial charge >= 0.3 is 5.97 Å². The standard InChI is InChI=1S/C16H14Cl2O2S/c1-20-16(19)9-11-5-2-3-8-15(11)21-10-12-13(17)6-4-7-14(12)18/h2-8H,9-10H2,1H3. The van der Waals surface area contributed by atoms with Gasteiger partial charge in [0.15, 0.2) is 0 Å². The van der Waals surface area contributed by atoms with E-state index in [-0.39, 0.29) is 12.4 Å². The molecule has 0 unspecified atom stereocenters. The highest BCUT2D eigenvalue weighted by Gasteiger charge is 2.10. The Morgan fingerprint density at radius 1 is 1.10 bits per heavy atom. The predicted octanol–water partition coefficient (Wildman–Crippen LogP) is 5.00. The zero-order chi connectivity index (χ0) is 15.2. The molecule has 0 amide bonds. The van der Waals surface area contributed by atoms with E-state index in [1.165, 1.54) is 7.11 Å². The molecule has 0 spiro atoms. The highest BCUT2D eigenvalue weighted by molar-refractivity contribution is 7.98. The summed E-state index contributed by atoms with van der Waals surface area (Å²) in [6.07, 6.45) is 0.260. The van der Waals surface area contributed by atoms with E-state index in [4.69, 9.17) is 27.9 Å². The van der Waals surface area contributed by atoms with Crippen molar-refractivity contribution in [1.29, 1.82) is 0 Å². The van der Waals surface area contributed by atoms with Crippen LogP contribution in [0, 0.1) is 0 Å². The molecule has 5 heteroatoms. The maximum absolute atomic E-state index is 11.4. The van der Waals surface area contributed by atoms with Gasteiger partial charge in [0.25, 0.3) is 0 Å². The van der Waals surface area contributed by atoms with Gasteiger partial charge in [-0.1, -0.05) is 47.5 Å². The third-order valence-corrected chi connectivity index (χ3v) is 4.82. The van der Waals surface area contributed by atoms with E-state index in [9.17, 15) is 4.79 Å². The minimum Gasteiger partial charge on any atom is -0.469 e. The lowest BCUT2D eigenvalue weighted by atomic mass is 10.1. The fourth-order valence-electron chi connectivity index (χ4n) is 1.84. The van der Waals surface area contributed by atoms with Gasteiger partial charge < -0.3 is 4.74 Å². The summed E-state index contributed by atoms with van der Waals surface area (Å²) in [6.45, 7) is 0. The lowest BCUT2D eigenvalue weighted by molar-refractivity contribution is -0.139. The number of carbonyl (C=O) groups excluding carboxylic acids is 1. The second-order valence-electron chi connectivity index (χ2n) is 4.35. The second-order valence-corrected chi connectivity index (χ2v) is 6.18. The van der Waals surface area contributed by atoms with Crippen LogP contribution in [-0.2, 0) is 21.7 Å². The minimum atomic E-state index is -0.251. The van der Waals surface area contributed by atoms with Crippen LogP contribution in [0.4, 0.5) is 0 Å². The van der Waals surface area contributed by atoms with Crippen LogP contribution in [-0.4, -0.2) is 13.1 Å². The number of ether oxygens (including phenoxy) is 1. The van der Waals surface area contributed by atoms with Crippen molar-refractivity contribution in [2.45, 2.75) is 17.1 Å². The van der Waals surface area contributed by atoms with Crippen LogP contribution < -0.4 is 0 Å². The van der Waals surface area contributed by atoms with Crippen LogP contribution in [0.5, 0.6) is 0 Å². The third-order valence-electron chi connectivity index (χ3n) is 2.97. The SMILES string of the molecule is COC(=O)Cc1ccccc1SCc1c(Cl)cccc1Cl. The molecule has 0 aliphatic heterocycles. The molecule has 0 saturated heterocycles. The fraction of sp³-hybridized carbons (Fsp3) is 0.188. The highest BCUT2D eigenvalue weighted by atomic mass is 35.5. The van der Waals surface area contributed by atoms with Crippen molar-refractivity contribution in [3.8, 4) is 0 Å². The number of carbonyl (C=O) groups is 1. The number of esters is 1. The summed E-state index contributed by atoms with van der Waals surface area (Å²) in [5.41, 5.74) is 1.84. The second kappa shape index (κ2) is 7.74. The van der Waals surface area contributed by atoms with Gasteiger partial charge in [0.05, 0.1) is 13.5 Å². The van der Waals surface area contributed by atoms with Crippen molar-refractivity contribution in [3.05, 3.63) is 63.6 Å². The number of thioether (sulfide) groups is 1. The molecule has 0 saturated carbocycles. The molecule has 0 heterocycles. The number of rotatable bonds is 5. The third kappa shape index (κ3) is 4.40. The zero-order valence-corrected chi connectivity index (χ0v) is 13.8. The first-order valence-corrected chi connectivity index (χ1v) is 8.06. The Bertz CT molecular complexity index is 624. The van der Waals surface area contributed by atoms with Gasteiger partial charge in [-0.15, -0.1) is 11.8 Å². The van der Waals surface area contributed by atoms with E-state index in [0.29, 0.717) is 15.8 Å². The monoisotopic (exact) mass is 340 g/mol. The average molecular weight is 341 g/mol. The van der Waals surface area contributed by atoms with E-state index in [1.807, 2.05) is 42.5 Å². The predicted molar refractivity (Wildman–Crippen MR) is 88.2 cm³/mol. The largest absolute Gasteiger partial charge is 0.469 e. The topological polar surface area (TPSA) is 26.3 Å². The molecule has 0 bridgehead atoms. The number of hydrogen-bond acceptors (Lipinski definition) is 3. The van der Waals surface area contributed by atoms with Crippen LogP contribution in [0.1, 0.15) is 11.1 Å². The summed E-state index contributed by atoms with van der Waals surface area (Å²) in [4.78, 5) is 12.5. The van der Waals surface area contributed by atoms with E-state index in [0.717, 1.165) is 16.0 Å². The number of benzene rings is 2. The normalized spacial score (nSPS) is 10.4.